The van der Waals surface area contributed by atoms with E-state index in [2.05, 4.69) is 49.9 Å². The van der Waals surface area contributed by atoms with Crippen molar-refractivity contribution in [3.05, 3.63) is 35.4 Å². The van der Waals surface area contributed by atoms with Crippen LogP contribution in [0.4, 0.5) is 0 Å². The molecule has 0 amide bonds. The first-order chi connectivity index (χ1) is 8.26. The minimum absolute atomic E-state index is 1.19. The number of aryl methyl sites for hydroxylation is 2. The highest BCUT2D eigenvalue weighted by Crippen LogP contribution is 2.08. The smallest absolute Gasteiger partial charge is 0.00190 e. The number of nitrogens with zero attached hydrogens (tertiary/aromatic N) is 1. The third-order valence-corrected chi connectivity index (χ3v) is 3.45. The van der Waals surface area contributed by atoms with Gasteiger partial charge in [0, 0.05) is 0 Å². The Kier molecular flexibility index (Phi) is 6.95. The van der Waals surface area contributed by atoms with E-state index < -0.39 is 0 Å². The van der Waals surface area contributed by atoms with Gasteiger partial charge in [-0.3, -0.25) is 0 Å². The van der Waals surface area contributed by atoms with Gasteiger partial charge in [-0.05, 0) is 51.4 Å². The van der Waals surface area contributed by atoms with Gasteiger partial charge in [-0.1, -0.05) is 50.1 Å². The van der Waals surface area contributed by atoms with Gasteiger partial charge in [-0.2, -0.15) is 0 Å². The van der Waals surface area contributed by atoms with Crippen molar-refractivity contribution in [3.8, 4) is 0 Å². The predicted molar refractivity (Wildman–Crippen MR) is 76.5 cm³/mol. The third-order valence-electron chi connectivity index (χ3n) is 3.45. The van der Waals surface area contributed by atoms with Gasteiger partial charge in [0.2, 0.25) is 0 Å². The molecular formula is C16H27N. The van der Waals surface area contributed by atoms with E-state index in [0.717, 1.165) is 0 Å². The van der Waals surface area contributed by atoms with E-state index in [-0.39, 0.29) is 0 Å². The molecule has 0 bridgehead atoms. The van der Waals surface area contributed by atoms with E-state index in [1.165, 1.54) is 56.4 Å². The second-order valence-corrected chi connectivity index (χ2v) is 4.82. The molecule has 17 heavy (non-hydrogen) atoms. The zero-order chi connectivity index (χ0) is 12.5. The molecule has 0 spiro atoms. The Labute approximate surface area is 107 Å². The van der Waals surface area contributed by atoms with Gasteiger partial charge in [-0.15, -0.1) is 0 Å². The Hall–Kier alpha value is -0.820. The lowest BCUT2D eigenvalue weighted by Gasteiger charge is -2.17. The van der Waals surface area contributed by atoms with Gasteiger partial charge in [0.25, 0.3) is 0 Å². The molecule has 1 aromatic rings. The van der Waals surface area contributed by atoms with E-state index in [9.17, 15) is 0 Å². The molecule has 1 aromatic carbocycles. The standard InChI is InChI=1S/C16H27N/c1-4-17(5-2)14-8-6-7-9-16-12-10-15(3)11-13-16/h10-13H,4-9,14H2,1-3H3. The van der Waals surface area contributed by atoms with Crippen molar-refractivity contribution in [3.63, 3.8) is 0 Å². The monoisotopic (exact) mass is 233 g/mol. The van der Waals surface area contributed by atoms with Gasteiger partial charge >= 0.3 is 0 Å². The van der Waals surface area contributed by atoms with Crippen molar-refractivity contribution >= 4 is 0 Å². The third kappa shape index (κ3) is 5.88. The van der Waals surface area contributed by atoms with Crippen LogP contribution in [0.3, 0.4) is 0 Å². The van der Waals surface area contributed by atoms with E-state index in [1.54, 1.807) is 0 Å². The summed E-state index contributed by atoms with van der Waals surface area (Å²) in [6.07, 6.45) is 5.25. The van der Waals surface area contributed by atoms with E-state index >= 15 is 0 Å². The Morgan fingerprint density at radius 2 is 1.53 bits per heavy atom. The number of rotatable bonds is 8. The normalized spacial score (nSPS) is 11.1. The molecule has 0 aliphatic carbocycles. The van der Waals surface area contributed by atoms with Gasteiger partial charge in [0.15, 0.2) is 0 Å². The molecule has 0 fully saturated rings. The number of unbranched alkanes of at least 4 members (excludes halogenated alkanes) is 2. The SMILES string of the molecule is CCN(CC)CCCCCc1ccc(C)cc1. The van der Waals surface area contributed by atoms with Gasteiger partial charge in [0.05, 0.1) is 0 Å². The van der Waals surface area contributed by atoms with Crippen molar-refractivity contribution < 1.29 is 0 Å². The molecule has 0 aliphatic heterocycles. The van der Waals surface area contributed by atoms with E-state index in [1.807, 2.05) is 0 Å². The highest BCUT2D eigenvalue weighted by Gasteiger charge is 1.98. The summed E-state index contributed by atoms with van der Waals surface area (Å²) in [4.78, 5) is 2.51. The molecule has 0 aliphatic rings. The van der Waals surface area contributed by atoms with Gasteiger partial charge in [0.1, 0.15) is 0 Å². The van der Waals surface area contributed by atoms with Crippen molar-refractivity contribution in [1.82, 2.24) is 4.90 Å². The number of hydrogen-bond donors (Lipinski definition) is 0. The predicted octanol–water partition coefficient (Wildman–Crippen LogP) is 4.05. The van der Waals surface area contributed by atoms with Crippen LogP contribution in [0.25, 0.3) is 0 Å². The second-order valence-electron chi connectivity index (χ2n) is 4.82. The summed E-state index contributed by atoms with van der Waals surface area (Å²) < 4.78 is 0. The molecule has 96 valence electrons. The lowest BCUT2D eigenvalue weighted by atomic mass is 10.1. The van der Waals surface area contributed by atoms with Crippen LogP contribution in [0, 0.1) is 6.92 Å². The second kappa shape index (κ2) is 8.30. The summed E-state index contributed by atoms with van der Waals surface area (Å²) in [5.74, 6) is 0. The Balaban J connectivity index is 2.10. The van der Waals surface area contributed by atoms with Crippen LogP contribution < -0.4 is 0 Å². The molecule has 0 heterocycles. The Morgan fingerprint density at radius 3 is 2.12 bits per heavy atom. The minimum Gasteiger partial charge on any atom is -0.304 e. The molecule has 0 radical (unpaired) electrons. The fourth-order valence-electron chi connectivity index (χ4n) is 2.14. The number of benzene rings is 1. The summed E-state index contributed by atoms with van der Waals surface area (Å²) >= 11 is 0. The first-order valence-corrected chi connectivity index (χ1v) is 7.04. The van der Waals surface area contributed by atoms with Crippen LogP contribution in [0.5, 0.6) is 0 Å². The molecule has 1 heteroatoms. The van der Waals surface area contributed by atoms with Crippen LogP contribution >= 0.6 is 0 Å². The zero-order valence-electron chi connectivity index (χ0n) is 11.7. The Bertz CT molecular complexity index is 285. The maximum absolute atomic E-state index is 2.51. The van der Waals surface area contributed by atoms with Gasteiger partial charge in [-0.25, -0.2) is 0 Å². The van der Waals surface area contributed by atoms with Crippen LogP contribution in [0.2, 0.25) is 0 Å². The van der Waals surface area contributed by atoms with Crippen LogP contribution in [0.15, 0.2) is 24.3 Å². The molecule has 0 saturated heterocycles. The van der Waals surface area contributed by atoms with Gasteiger partial charge < -0.3 is 4.90 Å². The molecule has 1 rings (SSSR count). The van der Waals surface area contributed by atoms with Crippen LogP contribution in [-0.4, -0.2) is 24.5 Å². The molecule has 1 nitrogen and oxygen atoms in total. The minimum atomic E-state index is 1.19. The van der Waals surface area contributed by atoms with Crippen molar-refractivity contribution in [2.45, 2.75) is 46.5 Å². The molecule has 0 aromatic heterocycles. The topological polar surface area (TPSA) is 3.24 Å². The largest absolute Gasteiger partial charge is 0.304 e. The lowest BCUT2D eigenvalue weighted by molar-refractivity contribution is 0.296. The lowest BCUT2D eigenvalue weighted by Crippen LogP contribution is -2.23. The number of hydrogen-bond acceptors (Lipinski definition) is 1. The summed E-state index contributed by atoms with van der Waals surface area (Å²) in [6.45, 7) is 10.3. The van der Waals surface area contributed by atoms with Crippen LogP contribution in [0.1, 0.15) is 44.2 Å². The van der Waals surface area contributed by atoms with Crippen LogP contribution in [-0.2, 0) is 6.42 Å². The molecule has 0 N–H and O–H groups in total. The summed E-state index contributed by atoms with van der Waals surface area (Å²) in [6, 6.07) is 8.95. The summed E-state index contributed by atoms with van der Waals surface area (Å²) in [5, 5.41) is 0. The first kappa shape index (κ1) is 14.2. The fourth-order valence-corrected chi connectivity index (χ4v) is 2.14. The van der Waals surface area contributed by atoms with E-state index in [0.29, 0.717) is 0 Å². The molecule has 0 saturated carbocycles. The Morgan fingerprint density at radius 1 is 0.882 bits per heavy atom. The average molecular weight is 233 g/mol. The first-order valence-electron chi connectivity index (χ1n) is 7.04. The average Bonchev–Trinajstić information content (AvgIpc) is 2.36. The maximum atomic E-state index is 2.51. The highest BCUT2D eigenvalue weighted by atomic mass is 15.1. The molecular weight excluding hydrogens is 206 g/mol. The molecule has 0 atom stereocenters. The van der Waals surface area contributed by atoms with E-state index in [4.69, 9.17) is 0 Å². The van der Waals surface area contributed by atoms with Crippen molar-refractivity contribution in [2.24, 2.45) is 0 Å². The maximum Gasteiger partial charge on any atom is -0.00190 e. The summed E-state index contributed by atoms with van der Waals surface area (Å²) in [5.41, 5.74) is 2.84. The zero-order valence-corrected chi connectivity index (χ0v) is 11.7. The van der Waals surface area contributed by atoms with Crippen molar-refractivity contribution in [2.75, 3.05) is 19.6 Å². The highest BCUT2D eigenvalue weighted by molar-refractivity contribution is 5.21. The fraction of sp³-hybridized carbons (Fsp3) is 0.625. The quantitative estimate of drug-likeness (QED) is 0.612. The summed E-state index contributed by atoms with van der Waals surface area (Å²) in [7, 11) is 0. The van der Waals surface area contributed by atoms with Crippen molar-refractivity contribution in [1.29, 1.82) is 0 Å². The molecule has 0 unspecified atom stereocenters.